The van der Waals surface area contributed by atoms with Crippen molar-refractivity contribution < 1.29 is 19.1 Å². The molecule has 20 heavy (non-hydrogen) atoms. The van der Waals surface area contributed by atoms with E-state index in [1.165, 1.54) is 18.4 Å². The molecular weight excluding hydrogens is 262 g/mol. The molecule has 0 bridgehead atoms. The lowest BCUT2D eigenvalue weighted by molar-refractivity contribution is -0.141. The second-order valence-corrected chi connectivity index (χ2v) is 5.10. The molecule has 1 fully saturated rings. The molecule has 0 aromatic carbocycles. The molecular formula is C13H23N3O4. The monoisotopic (exact) mass is 285 g/mol. The number of methoxy groups -OCH3 is 1. The minimum absolute atomic E-state index is 0.00810. The van der Waals surface area contributed by atoms with Crippen molar-refractivity contribution in [3.8, 4) is 0 Å². The number of carbonyl (C=O) groups excluding carboxylic acids is 3. The number of likely N-dealkylation sites (N-methyl/N-ethyl adjacent to an activating group) is 1. The number of amides is 3. The number of carbonyl (C=O) groups is 3. The minimum atomic E-state index is -0.464. The normalized spacial score (nSPS) is 15.8. The number of imide groups is 1. The highest BCUT2D eigenvalue weighted by Crippen LogP contribution is 2.16. The number of hydrogen-bond acceptors (Lipinski definition) is 5. The van der Waals surface area contributed by atoms with Gasteiger partial charge in [0.05, 0.1) is 20.2 Å². The molecule has 0 heterocycles. The van der Waals surface area contributed by atoms with E-state index in [1.54, 1.807) is 7.05 Å². The maximum atomic E-state index is 11.6. The van der Waals surface area contributed by atoms with E-state index in [0.29, 0.717) is 0 Å². The number of esters is 1. The Kier molecular flexibility index (Phi) is 7.00. The highest BCUT2D eigenvalue weighted by Gasteiger charge is 2.17. The SMILES string of the molecule is COC(=O)CN(C)CC(=O)NC(=O)NC1CCCCC1. The number of ether oxygens (including phenoxy) is 1. The highest BCUT2D eigenvalue weighted by atomic mass is 16.5. The fourth-order valence-corrected chi connectivity index (χ4v) is 2.22. The molecule has 1 aliphatic carbocycles. The lowest BCUT2D eigenvalue weighted by Crippen LogP contribution is -2.48. The van der Waals surface area contributed by atoms with Gasteiger partial charge in [-0.25, -0.2) is 4.79 Å². The van der Waals surface area contributed by atoms with Gasteiger partial charge in [0, 0.05) is 6.04 Å². The summed E-state index contributed by atoms with van der Waals surface area (Å²) in [5.41, 5.74) is 0. The first-order chi connectivity index (χ1) is 9.51. The van der Waals surface area contributed by atoms with Gasteiger partial charge in [-0.1, -0.05) is 19.3 Å². The van der Waals surface area contributed by atoms with E-state index in [4.69, 9.17) is 0 Å². The molecule has 0 aromatic heterocycles. The summed E-state index contributed by atoms with van der Waals surface area (Å²) < 4.78 is 4.49. The van der Waals surface area contributed by atoms with Crippen LogP contribution >= 0.6 is 0 Å². The molecule has 0 aliphatic heterocycles. The van der Waals surface area contributed by atoms with Crippen LogP contribution in [0.15, 0.2) is 0 Å². The van der Waals surface area contributed by atoms with Crippen molar-refractivity contribution in [2.24, 2.45) is 0 Å². The van der Waals surface area contributed by atoms with Gasteiger partial charge >= 0.3 is 12.0 Å². The smallest absolute Gasteiger partial charge is 0.321 e. The molecule has 7 nitrogen and oxygen atoms in total. The Morgan fingerprint density at radius 3 is 2.40 bits per heavy atom. The molecule has 0 unspecified atom stereocenters. The maximum Gasteiger partial charge on any atom is 0.321 e. The standard InChI is InChI=1S/C13H23N3O4/c1-16(9-12(18)20-2)8-11(17)15-13(19)14-10-6-4-3-5-7-10/h10H,3-9H2,1-2H3,(H2,14,15,17,19). The van der Waals surface area contributed by atoms with Crippen LogP contribution in [-0.4, -0.2) is 56.1 Å². The summed E-state index contributed by atoms with van der Waals surface area (Å²) in [4.78, 5) is 35.7. The number of nitrogens with zero attached hydrogens (tertiary/aromatic N) is 1. The summed E-state index contributed by atoms with van der Waals surface area (Å²) >= 11 is 0. The number of hydrogen-bond donors (Lipinski definition) is 2. The minimum Gasteiger partial charge on any atom is -0.468 e. The molecule has 0 radical (unpaired) electrons. The van der Waals surface area contributed by atoms with Gasteiger partial charge < -0.3 is 10.1 Å². The van der Waals surface area contributed by atoms with Crippen molar-refractivity contribution in [3.05, 3.63) is 0 Å². The van der Waals surface area contributed by atoms with Crippen LogP contribution in [0.3, 0.4) is 0 Å². The average Bonchev–Trinajstić information content (AvgIpc) is 2.38. The number of nitrogens with one attached hydrogen (secondary N) is 2. The van der Waals surface area contributed by atoms with Crippen LogP contribution in [-0.2, 0) is 14.3 Å². The summed E-state index contributed by atoms with van der Waals surface area (Å²) in [6.45, 7) is -0.0264. The number of urea groups is 1. The van der Waals surface area contributed by atoms with Crippen LogP contribution in [0.5, 0.6) is 0 Å². The van der Waals surface area contributed by atoms with Gasteiger partial charge in [0.1, 0.15) is 0 Å². The Labute approximate surface area is 119 Å². The molecule has 0 aromatic rings. The quantitative estimate of drug-likeness (QED) is 0.707. The van der Waals surface area contributed by atoms with E-state index in [9.17, 15) is 14.4 Å². The Morgan fingerprint density at radius 1 is 1.15 bits per heavy atom. The number of rotatable bonds is 5. The topological polar surface area (TPSA) is 87.7 Å². The average molecular weight is 285 g/mol. The lowest BCUT2D eigenvalue weighted by atomic mass is 9.96. The second-order valence-electron chi connectivity index (χ2n) is 5.10. The third-order valence-electron chi connectivity index (χ3n) is 3.23. The fraction of sp³-hybridized carbons (Fsp3) is 0.769. The Hall–Kier alpha value is -1.63. The summed E-state index contributed by atoms with van der Waals surface area (Å²) in [6, 6.07) is -0.308. The molecule has 1 rings (SSSR count). The van der Waals surface area contributed by atoms with Crippen LogP contribution in [0.25, 0.3) is 0 Å². The molecule has 2 N–H and O–H groups in total. The molecule has 7 heteroatoms. The van der Waals surface area contributed by atoms with Crippen molar-refractivity contribution in [3.63, 3.8) is 0 Å². The van der Waals surface area contributed by atoms with Crippen LogP contribution in [0.1, 0.15) is 32.1 Å². The van der Waals surface area contributed by atoms with Crippen LogP contribution < -0.4 is 10.6 Å². The first-order valence-electron chi connectivity index (χ1n) is 6.87. The zero-order valence-electron chi connectivity index (χ0n) is 12.1. The van der Waals surface area contributed by atoms with E-state index in [-0.39, 0.29) is 19.1 Å². The predicted molar refractivity (Wildman–Crippen MR) is 73.1 cm³/mol. The first-order valence-corrected chi connectivity index (χ1v) is 6.87. The van der Waals surface area contributed by atoms with Crippen molar-refractivity contribution >= 4 is 17.9 Å². The largest absolute Gasteiger partial charge is 0.468 e. The van der Waals surface area contributed by atoms with Gasteiger partial charge in [0.15, 0.2) is 0 Å². The molecule has 0 spiro atoms. The molecule has 1 saturated carbocycles. The van der Waals surface area contributed by atoms with E-state index >= 15 is 0 Å². The van der Waals surface area contributed by atoms with Crippen molar-refractivity contribution in [1.29, 1.82) is 0 Å². The summed E-state index contributed by atoms with van der Waals surface area (Å²) in [7, 11) is 2.89. The van der Waals surface area contributed by atoms with Crippen LogP contribution in [0.2, 0.25) is 0 Å². The predicted octanol–water partition coefficient (Wildman–Crippen LogP) is 0.250. The van der Waals surface area contributed by atoms with Gasteiger partial charge in [-0.3, -0.25) is 19.8 Å². The first kappa shape index (κ1) is 16.4. The molecule has 114 valence electrons. The fourth-order valence-electron chi connectivity index (χ4n) is 2.22. The third kappa shape index (κ3) is 6.51. The third-order valence-corrected chi connectivity index (χ3v) is 3.23. The summed E-state index contributed by atoms with van der Waals surface area (Å²) in [5.74, 6) is -0.864. The van der Waals surface area contributed by atoms with Gasteiger partial charge in [-0.15, -0.1) is 0 Å². The van der Waals surface area contributed by atoms with Gasteiger partial charge in [0.2, 0.25) is 5.91 Å². The zero-order valence-corrected chi connectivity index (χ0v) is 12.1. The van der Waals surface area contributed by atoms with Crippen molar-refractivity contribution in [2.75, 3.05) is 27.2 Å². The van der Waals surface area contributed by atoms with E-state index in [0.717, 1.165) is 25.7 Å². The Morgan fingerprint density at radius 2 is 1.80 bits per heavy atom. The Balaban J connectivity index is 2.23. The maximum absolute atomic E-state index is 11.6. The van der Waals surface area contributed by atoms with E-state index < -0.39 is 17.9 Å². The van der Waals surface area contributed by atoms with Gasteiger partial charge in [-0.05, 0) is 19.9 Å². The van der Waals surface area contributed by atoms with Crippen molar-refractivity contribution in [2.45, 2.75) is 38.1 Å². The van der Waals surface area contributed by atoms with Gasteiger partial charge in [0.25, 0.3) is 0 Å². The molecule has 0 atom stereocenters. The Bertz CT molecular complexity index is 354. The van der Waals surface area contributed by atoms with Crippen LogP contribution in [0, 0.1) is 0 Å². The van der Waals surface area contributed by atoms with E-state index in [2.05, 4.69) is 15.4 Å². The molecule has 0 saturated heterocycles. The second kappa shape index (κ2) is 8.52. The highest BCUT2D eigenvalue weighted by molar-refractivity contribution is 5.95. The van der Waals surface area contributed by atoms with Crippen LogP contribution in [0.4, 0.5) is 4.79 Å². The summed E-state index contributed by atoms with van der Waals surface area (Å²) in [6.07, 6.45) is 5.35. The lowest BCUT2D eigenvalue weighted by Gasteiger charge is -2.23. The molecule has 1 aliphatic rings. The zero-order chi connectivity index (χ0) is 15.0. The molecule has 3 amide bonds. The van der Waals surface area contributed by atoms with E-state index in [1.807, 2.05) is 0 Å². The summed E-state index contributed by atoms with van der Waals surface area (Å²) in [5, 5.41) is 5.06. The van der Waals surface area contributed by atoms with Gasteiger partial charge in [-0.2, -0.15) is 0 Å². The van der Waals surface area contributed by atoms with Crippen molar-refractivity contribution in [1.82, 2.24) is 15.5 Å².